The molecule has 0 aromatic rings. The average Bonchev–Trinajstić information content (AvgIpc) is 2.63. The van der Waals surface area contributed by atoms with E-state index < -0.39 is 5.60 Å². The number of nitrogens with one attached hydrogen (secondary N) is 2. The molecule has 2 saturated heterocycles. The van der Waals surface area contributed by atoms with E-state index >= 15 is 0 Å². The summed E-state index contributed by atoms with van der Waals surface area (Å²) in [6.07, 6.45) is 3.54. The summed E-state index contributed by atoms with van der Waals surface area (Å²) in [5.74, 6) is 0.310. The summed E-state index contributed by atoms with van der Waals surface area (Å²) in [6.45, 7) is 13.0. The molecule has 0 bridgehead atoms. The number of amides is 4. The van der Waals surface area contributed by atoms with Crippen molar-refractivity contribution in [2.75, 3.05) is 39.3 Å². The van der Waals surface area contributed by atoms with Gasteiger partial charge < -0.3 is 25.2 Å². The third-order valence-electron chi connectivity index (χ3n) is 5.56. The first-order valence-electron chi connectivity index (χ1n) is 10.8. The summed E-state index contributed by atoms with van der Waals surface area (Å²) >= 11 is 0. The van der Waals surface area contributed by atoms with Crippen LogP contribution in [-0.2, 0) is 9.53 Å². The van der Waals surface area contributed by atoms with Crippen molar-refractivity contribution in [3.05, 3.63) is 0 Å². The summed E-state index contributed by atoms with van der Waals surface area (Å²) in [4.78, 5) is 40.3. The highest BCUT2D eigenvalue weighted by Crippen LogP contribution is 2.40. The molecule has 4 amide bonds. The van der Waals surface area contributed by atoms with Crippen molar-refractivity contribution in [2.45, 2.75) is 65.9 Å². The molecule has 0 aliphatic carbocycles. The summed E-state index contributed by atoms with van der Waals surface area (Å²) in [5, 5.41) is 5.39. The predicted molar refractivity (Wildman–Crippen MR) is 112 cm³/mol. The van der Waals surface area contributed by atoms with Gasteiger partial charge in [-0.1, -0.05) is 13.8 Å². The second-order valence-corrected chi connectivity index (χ2v) is 9.84. The van der Waals surface area contributed by atoms with E-state index in [2.05, 4.69) is 10.6 Å². The van der Waals surface area contributed by atoms with Crippen molar-refractivity contribution >= 4 is 18.0 Å². The molecule has 2 fully saturated rings. The monoisotopic (exact) mass is 410 g/mol. The van der Waals surface area contributed by atoms with Crippen LogP contribution < -0.4 is 10.6 Å². The molecule has 29 heavy (non-hydrogen) atoms. The van der Waals surface area contributed by atoms with E-state index in [1.807, 2.05) is 44.4 Å². The molecule has 166 valence electrons. The Balaban J connectivity index is 1.79. The Hall–Kier alpha value is -1.99. The molecule has 0 unspecified atom stereocenters. The van der Waals surface area contributed by atoms with Gasteiger partial charge in [-0.2, -0.15) is 0 Å². The van der Waals surface area contributed by atoms with Gasteiger partial charge in [-0.3, -0.25) is 4.79 Å². The zero-order valence-electron chi connectivity index (χ0n) is 18.7. The van der Waals surface area contributed by atoms with E-state index in [-0.39, 0.29) is 30.0 Å². The molecule has 0 aromatic heterocycles. The predicted octanol–water partition coefficient (Wildman–Crippen LogP) is 2.58. The molecular weight excluding hydrogens is 372 g/mol. The van der Waals surface area contributed by atoms with Crippen LogP contribution in [0.2, 0.25) is 0 Å². The molecule has 2 N–H and O–H groups in total. The number of urea groups is 1. The minimum atomic E-state index is -0.494. The number of ether oxygens (including phenoxy) is 1. The normalized spacial score (nSPS) is 19.2. The number of likely N-dealkylation sites (tertiary alicyclic amines) is 2. The van der Waals surface area contributed by atoms with Crippen molar-refractivity contribution in [3.8, 4) is 0 Å². The Morgan fingerprint density at radius 3 is 2.24 bits per heavy atom. The summed E-state index contributed by atoms with van der Waals surface area (Å²) in [5.41, 5.74) is -0.431. The van der Waals surface area contributed by atoms with Crippen molar-refractivity contribution in [2.24, 2.45) is 11.3 Å². The summed E-state index contributed by atoms with van der Waals surface area (Å²) in [6, 6.07) is -0.305. The average molecular weight is 411 g/mol. The van der Waals surface area contributed by atoms with E-state index in [9.17, 15) is 14.4 Å². The zero-order chi connectivity index (χ0) is 21.7. The Kier molecular flexibility index (Phi) is 7.77. The molecule has 2 heterocycles. The van der Waals surface area contributed by atoms with Gasteiger partial charge in [0.25, 0.3) is 0 Å². The molecule has 8 heteroatoms. The van der Waals surface area contributed by atoms with Crippen LogP contribution in [0.15, 0.2) is 0 Å². The lowest BCUT2D eigenvalue weighted by Crippen LogP contribution is -2.54. The van der Waals surface area contributed by atoms with Gasteiger partial charge in [0.15, 0.2) is 0 Å². The molecular formula is C21H38N4O4. The second-order valence-electron chi connectivity index (χ2n) is 9.84. The van der Waals surface area contributed by atoms with Crippen LogP contribution >= 0.6 is 0 Å². The van der Waals surface area contributed by atoms with Crippen molar-refractivity contribution in [1.29, 1.82) is 0 Å². The first-order valence-corrected chi connectivity index (χ1v) is 10.8. The van der Waals surface area contributed by atoms with Crippen LogP contribution in [0.25, 0.3) is 0 Å². The summed E-state index contributed by atoms with van der Waals surface area (Å²) < 4.78 is 5.54. The Bertz CT molecular complexity index is 592. The maximum atomic E-state index is 12.4. The molecule has 1 spiro atoms. The highest BCUT2D eigenvalue weighted by atomic mass is 16.6. The van der Waals surface area contributed by atoms with Gasteiger partial charge in [0.1, 0.15) is 5.60 Å². The van der Waals surface area contributed by atoms with Crippen LogP contribution in [-0.4, -0.2) is 72.7 Å². The molecule has 0 aromatic carbocycles. The van der Waals surface area contributed by atoms with Crippen LogP contribution in [0.1, 0.15) is 60.3 Å². The fraction of sp³-hybridized carbons (Fsp3) is 0.857. The third-order valence-corrected chi connectivity index (χ3v) is 5.56. The van der Waals surface area contributed by atoms with E-state index in [1.54, 1.807) is 0 Å². The first kappa shape index (κ1) is 23.3. The smallest absolute Gasteiger partial charge is 0.410 e. The first-order chi connectivity index (χ1) is 13.5. The fourth-order valence-corrected chi connectivity index (χ4v) is 3.96. The van der Waals surface area contributed by atoms with E-state index in [0.717, 1.165) is 32.2 Å². The quantitative estimate of drug-likeness (QED) is 0.745. The topological polar surface area (TPSA) is 91.0 Å². The number of hydrogen-bond donors (Lipinski definition) is 2. The maximum absolute atomic E-state index is 12.4. The van der Waals surface area contributed by atoms with Gasteiger partial charge in [0, 0.05) is 32.7 Å². The van der Waals surface area contributed by atoms with Crippen molar-refractivity contribution < 1.29 is 19.1 Å². The van der Waals surface area contributed by atoms with Crippen LogP contribution in [0, 0.1) is 11.3 Å². The van der Waals surface area contributed by atoms with Crippen molar-refractivity contribution in [3.63, 3.8) is 0 Å². The van der Waals surface area contributed by atoms with Crippen LogP contribution in [0.5, 0.6) is 0 Å². The molecule has 0 saturated carbocycles. The second kappa shape index (κ2) is 9.67. The van der Waals surface area contributed by atoms with Crippen molar-refractivity contribution in [1.82, 2.24) is 20.4 Å². The summed E-state index contributed by atoms with van der Waals surface area (Å²) in [7, 11) is 0. The van der Waals surface area contributed by atoms with E-state index in [4.69, 9.17) is 4.74 Å². The number of hydrogen-bond acceptors (Lipinski definition) is 4. The minimum Gasteiger partial charge on any atom is -0.444 e. The number of rotatable bonds is 4. The molecule has 2 aliphatic rings. The van der Waals surface area contributed by atoms with E-state index in [1.165, 1.54) is 0 Å². The SMILES string of the molecule is CC(C)CNC(=O)NCC(=O)N1CCC2(CCCN(C(=O)OC(C)(C)C)C2)CC1. The maximum Gasteiger partial charge on any atom is 0.410 e. The lowest BCUT2D eigenvalue weighted by Gasteiger charge is -2.47. The number of nitrogens with zero attached hydrogens (tertiary/aromatic N) is 2. The number of carbonyl (C=O) groups is 3. The lowest BCUT2D eigenvalue weighted by atomic mass is 9.72. The Morgan fingerprint density at radius 2 is 1.66 bits per heavy atom. The lowest BCUT2D eigenvalue weighted by molar-refractivity contribution is -0.133. The van der Waals surface area contributed by atoms with Crippen LogP contribution in [0.4, 0.5) is 9.59 Å². The van der Waals surface area contributed by atoms with Gasteiger partial charge in [-0.15, -0.1) is 0 Å². The minimum absolute atomic E-state index is 0.0148. The molecule has 0 atom stereocenters. The highest BCUT2D eigenvalue weighted by molar-refractivity contribution is 5.84. The number of carbonyl (C=O) groups excluding carboxylic acids is 3. The largest absolute Gasteiger partial charge is 0.444 e. The van der Waals surface area contributed by atoms with Gasteiger partial charge in [0.05, 0.1) is 6.54 Å². The van der Waals surface area contributed by atoms with Gasteiger partial charge in [-0.05, 0) is 57.8 Å². The van der Waals surface area contributed by atoms with Gasteiger partial charge in [0.2, 0.25) is 5.91 Å². The van der Waals surface area contributed by atoms with Crippen LogP contribution in [0.3, 0.4) is 0 Å². The number of piperidine rings is 2. The zero-order valence-corrected chi connectivity index (χ0v) is 18.7. The fourth-order valence-electron chi connectivity index (χ4n) is 3.96. The Labute approximate surface area is 174 Å². The van der Waals surface area contributed by atoms with Gasteiger partial charge >= 0.3 is 12.1 Å². The Morgan fingerprint density at radius 1 is 1.00 bits per heavy atom. The van der Waals surface area contributed by atoms with E-state index in [0.29, 0.717) is 32.1 Å². The molecule has 8 nitrogen and oxygen atoms in total. The third kappa shape index (κ3) is 7.40. The molecule has 2 rings (SSSR count). The molecule has 2 aliphatic heterocycles. The molecule has 0 radical (unpaired) electrons. The highest BCUT2D eigenvalue weighted by Gasteiger charge is 2.41. The van der Waals surface area contributed by atoms with Gasteiger partial charge in [-0.25, -0.2) is 9.59 Å². The standard InChI is InChI=1S/C21H38N4O4/c1-16(2)13-22-18(27)23-14-17(26)24-11-8-21(9-12-24)7-6-10-25(15-21)19(28)29-20(3,4)5/h16H,6-15H2,1-5H3,(H2,22,23,27).